The molecule has 0 unspecified atom stereocenters. The van der Waals surface area contributed by atoms with Crippen molar-refractivity contribution in [2.45, 2.75) is 0 Å². The van der Waals surface area contributed by atoms with E-state index >= 15 is 0 Å². The molecule has 1 aliphatic rings. The van der Waals surface area contributed by atoms with E-state index < -0.39 is 0 Å². The highest BCUT2D eigenvalue weighted by Crippen LogP contribution is 2.23. The molecule has 1 aromatic carbocycles. The molecule has 16 heavy (non-hydrogen) atoms. The summed E-state index contributed by atoms with van der Waals surface area (Å²) in [6.45, 7) is 1.91. The number of rotatable bonds is 4. The Kier molecular flexibility index (Phi) is 3.26. The van der Waals surface area contributed by atoms with Gasteiger partial charge in [0.05, 0.1) is 26.1 Å². The highest BCUT2D eigenvalue weighted by Gasteiger charge is 2.11. The molecule has 1 amide bonds. The molecule has 5 heteroatoms. The van der Waals surface area contributed by atoms with Crippen molar-refractivity contribution in [1.82, 2.24) is 4.90 Å². The van der Waals surface area contributed by atoms with Gasteiger partial charge >= 0.3 is 0 Å². The molecule has 86 valence electrons. The molecule has 1 aromatic rings. The Hall–Kier alpha value is -1.75. The van der Waals surface area contributed by atoms with Crippen LogP contribution in [0.15, 0.2) is 24.3 Å². The number of ether oxygens (including phenoxy) is 2. The summed E-state index contributed by atoms with van der Waals surface area (Å²) >= 11 is 0. The summed E-state index contributed by atoms with van der Waals surface area (Å²) in [6, 6.07) is 7.53. The van der Waals surface area contributed by atoms with Crippen LogP contribution in [0.5, 0.6) is 5.75 Å². The molecule has 0 aromatic heterocycles. The second kappa shape index (κ2) is 4.85. The van der Waals surface area contributed by atoms with Crippen LogP contribution in [0.4, 0.5) is 5.69 Å². The van der Waals surface area contributed by atoms with Crippen LogP contribution in [0.25, 0.3) is 0 Å². The first kappa shape index (κ1) is 10.8. The third-order valence-corrected chi connectivity index (χ3v) is 2.28. The third-order valence-electron chi connectivity index (χ3n) is 2.28. The zero-order valence-corrected chi connectivity index (χ0v) is 8.97. The molecule has 2 rings (SSSR count). The van der Waals surface area contributed by atoms with Gasteiger partial charge in [-0.05, 0) is 12.1 Å². The van der Waals surface area contributed by atoms with E-state index in [1.54, 1.807) is 7.11 Å². The van der Waals surface area contributed by atoms with Gasteiger partial charge in [0.25, 0.3) is 0 Å². The molecule has 1 aliphatic heterocycles. The van der Waals surface area contributed by atoms with Gasteiger partial charge in [-0.25, -0.2) is 0 Å². The predicted octanol–water partition coefficient (Wildman–Crippen LogP) is 1.04. The van der Waals surface area contributed by atoms with Gasteiger partial charge < -0.3 is 19.7 Å². The molecule has 0 bridgehead atoms. The monoisotopic (exact) mass is 221 g/mol. The zero-order chi connectivity index (χ0) is 11.4. The Morgan fingerprint density at radius 3 is 3.06 bits per heavy atom. The molecule has 0 aliphatic carbocycles. The summed E-state index contributed by atoms with van der Waals surface area (Å²) < 4.78 is 10.1. The first-order valence-electron chi connectivity index (χ1n) is 4.92. The molecule has 1 fully saturated rings. The molecule has 0 saturated carbocycles. The van der Waals surface area contributed by atoms with Crippen molar-refractivity contribution in [2.24, 2.45) is 0 Å². The van der Waals surface area contributed by atoms with Crippen LogP contribution in [-0.2, 0) is 9.53 Å². The van der Waals surface area contributed by atoms with E-state index in [0.717, 1.165) is 11.4 Å². The fourth-order valence-corrected chi connectivity index (χ4v) is 1.43. The van der Waals surface area contributed by atoms with Gasteiger partial charge in [0.2, 0.25) is 5.91 Å². The number of carbonyl (C=O) groups excluding carboxylic acids is 1. The molecule has 1 heterocycles. The van der Waals surface area contributed by atoms with Crippen LogP contribution >= 0.6 is 0 Å². The van der Waals surface area contributed by atoms with Crippen molar-refractivity contribution in [3.63, 3.8) is 0 Å². The van der Waals surface area contributed by atoms with Crippen LogP contribution in [0, 0.1) is 6.73 Å². The topological polar surface area (TPSA) is 50.8 Å². The lowest BCUT2D eigenvalue weighted by Crippen LogP contribution is -2.28. The summed E-state index contributed by atoms with van der Waals surface area (Å²) in [5, 5.41) is 3.11. The van der Waals surface area contributed by atoms with E-state index in [4.69, 9.17) is 9.47 Å². The summed E-state index contributed by atoms with van der Waals surface area (Å²) in [4.78, 5) is 12.7. The maximum atomic E-state index is 11.2. The molecule has 0 radical (unpaired) electrons. The van der Waals surface area contributed by atoms with E-state index in [9.17, 15) is 4.79 Å². The molecular weight excluding hydrogens is 208 g/mol. The first-order valence-corrected chi connectivity index (χ1v) is 4.92. The van der Waals surface area contributed by atoms with Crippen molar-refractivity contribution in [3.05, 3.63) is 31.0 Å². The molecule has 0 spiro atoms. The summed E-state index contributed by atoms with van der Waals surface area (Å²) in [5.74, 6) is 0.692. The second-order valence-electron chi connectivity index (χ2n) is 3.32. The third kappa shape index (κ3) is 2.25. The zero-order valence-electron chi connectivity index (χ0n) is 8.97. The smallest absolute Gasteiger partial charge is 0.219 e. The Bertz CT molecular complexity index is 381. The SMILES string of the molecule is COc1ccccc1NCN1[CH-]OCC1=O. The van der Waals surface area contributed by atoms with E-state index in [1.165, 1.54) is 11.6 Å². The number of nitrogens with one attached hydrogen (secondary N) is 1. The number of benzene rings is 1. The average Bonchev–Trinajstić information content (AvgIpc) is 2.72. The number of carbonyl (C=O) groups is 1. The van der Waals surface area contributed by atoms with Crippen LogP contribution in [0.1, 0.15) is 0 Å². The minimum absolute atomic E-state index is 0.0533. The van der Waals surface area contributed by atoms with Gasteiger partial charge in [-0.1, -0.05) is 12.1 Å². The minimum atomic E-state index is -0.0533. The van der Waals surface area contributed by atoms with Crippen LogP contribution in [-0.4, -0.2) is 31.2 Å². The lowest BCUT2D eigenvalue weighted by molar-refractivity contribution is -0.126. The normalized spacial score (nSPS) is 15.3. The van der Waals surface area contributed by atoms with Crippen molar-refractivity contribution < 1.29 is 14.3 Å². The Balaban J connectivity index is 1.96. The fraction of sp³-hybridized carbons (Fsp3) is 0.273. The Labute approximate surface area is 93.9 Å². The van der Waals surface area contributed by atoms with Gasteiger partial charge in [0.15, 0.2) is 0 Å². The van der Waals surface area contributed by atoms with Crippen molar-refractivity contribution >= 4 is 11.6 Å². The van der Waals surface area contributed by atoms with Crippen LogP contribution in [0.2, 0.25) is 0 Å². The van der Waals surface area contributed by atoms with Gasteiger partial charge in [-0.2, -0.15) is 0 Å². The molecule has 1 N–H and O–H groups in total. The number of amides is 1. The van der Waals surface area contributed by atoms with E-state index in [1.807, 2.05) is 24.3 Å². The standard InChI is InChI=1S/C11H13N2O3/c1-15-10-5-3-2-4-9(10)12-7-13-8-16-6-11(13)14/h2-5,8,12H,6-7H2,1H3/q-1. The maximum Gasteiger partial charge on any atom is 0.219 e. The lowest BCUT2D eigenvalue weighted by Gasteiger charge is -2.24. The lowest BCUT2D eigenvalue weighted by atomic mass is 10.3. The van der Waals surface area contributed by atoms with Gasteiger partial charge in [0, 0.05) is 0 Å². The minimum Gasteiger partial charge on any atom is -0.524 e. The number of nitrogens with zero attached hydrogens (tertiary/aromatic N) is 1. The Morgan fingerprint density at radius 2 is 2.38 bits per heavy atom. The van der Waals surface area contributed by atoms with Crippen molar-refractivity contribution in [1.29, 1.82) is 0 Å². The number of hydrogen-bond acceptors (Lipinski definition) is 4. The molecular formula is C11H13N2O3-. The van der Waals surface area contributed by atoms with Gasteiger partial charge in [-0.15, -0.1) is 6.73 Å². The first-order chi connectivity index (χ1) is 7.81. The molecule has 0 atom stereocenters. The summed E-state index contributed by atoms with van der Waals surface area (Å²) in [6.07, 6.45) is 0. The number of anilines is 1. The van der Waals surface area contributed by atoms with E-state index in [2.05, 4.69) is 5.32 Å². The maximum absolute atomic E-state index is 11.2. The van der Waals surface area contributed by atoms with E-state index in [-0.39, 0.29) is 12.5 Å². The van der Waals surface area contributed by atoms with Crippen LogP contribution < -0.4 is 10.1 Å². The predicted molar refractivity (Wildman–Crippen MR) is 58.6 cm³/mol. The number of hydrogen-bond donors (Lipinski definition) is 1. The van der Waals surface area contributed by atoms with Crippen molar-refractivity contribution in [2.75, 3.05) is 25.7 Å². The van der Waals surface area contributed by atoms with E-state index in [0.29, 0.717) is 6.67 Å². The van der Waals surface area contributed by atoms with Gasteiger partial charge in [-0.3, -0.25) is 4.79 Å². The average molecular weight is 221 g/mol. The highest BCUT2D eigenvalue weighted by molar-refractivity contribution is 5.79. The second-order valence-corrected chi connectivity index (χ2v) is 3.32. The van der Waals surface area contributed by atoms with Gasteiger partial charge in [0.1, 0.15) is 5.75 Å². The van der Waals surface area contributed by atoms with Crippen LogP contribution in [0.3, 0.4) is 0 Å². The molecule has 5 nitrogen and oxygen atoms in total. The summed E-state index contributed by atoms with van der Waals surface area (Å²) in [5.41, 5.74) is 0.845. The fourth-order valence-electron chi connectivity index (χ4n) is 1.43. The molecule has 1 saturated heterocycles. The van der Waals surface area contributed by atoms with Crippen molar-refractivity contribution in [3.8, 4) is 5.75 Å². The quantitative estimate of drug-likeness (QED) is 0.772. The summed E-state index contributed by atoms with van der Waals surface area (Å²) in [7, 11) is 1.61. The number of methoxy groups -OCH3 is 1. The highest BCUT2D eigenvalue weighted by atomic mass is 16.5. The number of para-hydroxylation sites is 2. The Morgan fingerprint density at radius 1 is 1.56 bits per heavy atom. The largest absolute Gasteiger partial charge is 0.524 e.